The Morgan fingerprint density at radius 1 is 1.18 bits per heavy atom. The Morgan fingerprint density at radius 3 is 2.43 bits per heavy atom. The zero-order valence-corrected chi connectivity index (χ0v) is 17.2. The van der Waals surface area contributed by atoms with E-state index >= 15 is 0 Å². The molecule has 1 atom stereocenters. The molecular formula is C20H23ClN2O4S. The van der Waals surface area contributed by atoms with Crippen LogP contribution in [0.1, 0.15) is 28.8 Å². The molecule has 3 rings (SSSR count). The lowest BCUT2D eigenvalue weighted by atomic mass is 10.1. The fourth-order valence-electron chi connectivity index (χ4n) is 3.05. The zero-order valence-electron chi connectivity index (χ0n) is 15.6. The fourth-order valence-corrected chi connectivity index (χ4v) is 4.06. The Kier molecular flexibility index (Phi) is 6.59. The predicted octanol–water partition coefficient (Wildman–Crippen LogP) is 3.22. The molecule has 1 amide bonds. The largest absolute Gasteiger partial charge is 0.376 e. The Balaban J connectivity index is 1.70. The van der Waals surface area contributed by atoms with Gasteiger partial charge in [-0.15, -0.1) is 0 Å². The first-order chi connectivity index (χ1) is 13.3. The highest BCUT2D eigenvalue weighted by Crippen LogP contribution is 2.22. The Morgan fingerprint density at radius 2 is 1.86 bits per heavy atom. The van der Waals surface area contributed by atoms with Crippen LogP contribution in [0, 0.1) is 0 Å². The Hall–Kier alpha value is -2.09. The van der Waals surface area contributed by atoms with Crippen molar-refractivity contribution in [2.75, 3.05) is 23.7 Å². The van der Waals surface area contributed by atoms with Crippen LogP contribution in [0.4, 0.5) is 5.69 Å². The summed E-state index contributed by atoms with van der Waals surface area (Å²) in [5.41, 5.74) is 1.78. The minimum Gasteiger partial charge on any atom is -0.376 e. The van der Waals surface area contributed by atoms with Gasteiger partial charge in [-0.1, -0.05) is 23.7 Å². The molecule has 1 aliphatic rings. The van der Waals surface area contributed by atoms with Crippen LogP contribution in [0.3, 0.4) is 0 Å². The van der Waals surface area contributed by atoms with Crippen LogP contribution < -0.4 is 9.62 Å². The van der Waals surface area contributed by atoms with E-state index in [0.717, 1.165) is 31.3 Å². The molecule has 0 unspecified atom stereocenters. The average molecular weight is 423 g/mol. The molecule has 1 heterocycles. The number of sulfonamides is 1. The fraction of sp³-hybridized carbons (Fsp3) is 0.350. The second kappa shape index (κ2) is 8.94. The number of hydrogen-bond donors (Lipinski definition) is 1. The number of ether oxygens (including phenoxy) is 1. The number of carbonyl (C=O) groups is 1. The van der Waals surface area contributed by atoms with E-state index in [1.807, 2.05) is 0 Å². The summed E-state index contributed by atoms with van der Waals surface area (Å²) in [4.78, 5) is 12.3. The maximum absolute atomic E-state index is 12.3. The Labute approximate surface area is 170 Å². The number of hydrogen-bond acceptors (Lipinski definition) is 4. The third kappa shape index (κ3) is 5.47. The lowest BCUT2D eigenvalue weighted by molar-refractivity contribution is 0.0858. The van der Waals surface area contributed by atoms with Crippen molar-refractivity contribution in [2.24, 2.45) is 0 Å². The summed E-state index contributed by atoms with van der Waals surface area (Å²) in [6, 6.07) is 13.5. The molecule has 2 aromatic carbocycles. The minimum absolute atomic E-state index is 0.0725. The molecule has 1 N–H and O–H groups in total. The van der Waals surface area contributed by atoms with E-state index < -0.39 is 10.0 Å². The quantitative estimate of drug-likeness (QED) is 0.743. The average Bonchev–Trinajstić information content (AvgIpc) is 3.18. The number of carbonyl (C=O) groups excluding carboxylic acids is 1. The number of anilines is 1. The van der Waals surface area contributed by atoms with E-state index in [2.05, 4.69) is 5.32 Å². The van der Waals surface area contributed by atoms with Crippen LogP contribution in [-0.4, -0.2) is 39.8 Å². The highest BCUT2D eigenvalue weighted by Gasteiger charge is 2.19. The molecule has 0 aliphatic carbocycles. The molecule has 0 saturated carbocycles. The number of amides is 1. The van der Waals surface area contributed by atoms with Gasteiger partial charge in [0.15, 0.2) is 0 Å². The molecule has 0 bridgehead atoms. The van der Waals surface area contributed by atoms with E-state index in [0.29, 0.717) is 22.8 Å². The SMILES string of the molecule is CS(=O)(=O)N(Cc1ccc(Cl)cc1)c1ccc(C(=O)NC[C@@H]2CCCO2)cc1. The number of benzene rings is 2. The van der Waals surface area contributed by atoms with E-state index in [4.69, 9.17) is 16.3 Å². The van der Waals surface area contributed by atoms with Crippen molar-refractivity contribution in [3.05, 3.63) is 64.7 Å². The van der Waals surface area contributed by atoms with Gasteiger partial charge in [0.05, 0.1) is 24.6 Å². The topological polar surface area (TPSA) is 75.7 Å². The standard InChI is InChI=1S/C20H23ClN2O4S/c1-28(25,26)23(14-15-4-8-17(21)9-5-15)18-10-6-16(7-11-18)20(24)22-13-19-3-2-12-27-19/h4-11,19H,2-3,12-14H2,1H3,(H,22,24)/t19-/m0/s1. The van der Waals surface area contributed by atoms with E-state index in [-0.39, 0.29) is 18.6 Å². The van der Waals surface area contributed by atoms with Gasteiger partial charge in [0, 0.05) is 23.7 Å². The van der Waals surface area contributed by atoms with E-state index in [9.17, 15) is 13.2 Å². The lowest BCUT2D eigenvalue weighted by Crippen LogP contribution is -2.32. The van der Waals surface area contributed by atoms with Crippen molar-refractivity contribution in [2.45, 2.75) is 25.5 Å². The van der Waals surface area contributed by atoms with Gasteiger partial charge in [-0.2, -0.15) is 0 Å². The molecule has 2 aromatic rings. The van der Waals surface area contributed by atoms with Crippen molar-refractivity contribution in [1.29, 1.82) is 0 Å². The first kappa shape index (κ1) is 20.6. The normalized spacial score (nSPS) is 16.7. The maximum Gasteiger partial charge on any atom is 0.251 e. The Bertz CT molecular complexity index is 908. The summed E-state index contributed by atoms with van der Waals surface area (Å²) >= 11 is 5.89. The molecule has 0 radical (unpaired) electrons. The highest BCUT2D eigenvalue weighted by molar-refractivity contribution is 7.92. The summed E-state index contributed by atoms with van der Waals surface area (Å²) in [7, 11) is -3.50. The molecule has 0 spiro atoms. The van der Waals surface area contributed by atoms with Gasteiger partial charge in [-0.3, -0.25) is 9.10 Å². The van der Waals surface area contributed by atoms with Gasteiger partial charge in [0.25, 0.3) is 5.91 Å². The first-order valence-electron chi connectivity index (χ1n) is 9.05. The second-order valence-electron chi connectivity index (χ2n) is 6.79. The summed E-state index contributed by atoms with van der Waals surface area (Å²) in [6.45, 7) is 1.40. The molecular weight excluding hydrogens is 400 g/mol. The van der Waals surface area contributed by atoms with Crippen LogP contribution in [0.5, 0.6) is 0 Å². The third-order valence-corrected chi connectivity index (χ3v) is 5.96. The molecule has 1 saturated heterocycles. The summed E-state index contributed by atoms with van der Waals surface area (Å²) < 4.78 is 31.3. The second-order valence-corrected chi connectivity index (χ2v) is 9.13. The molecule has 6 nitrogen and oxygen atoms in total. The minimum atomic E-state index is -3.50. The van der Waals surface area contributed by atoms with E-state index in [1.54, 1.807) is 48.5 Å². The third-order valence-electron chi connectivity index (χ3n) is 4.57. The van der Waals surface area contributed by atoms with Gasteiger partial charge in [0.2, 0.25) is 10.0 Å². The number of rotatable bonds is 7. The van der Waals surface area contributed by atoms with Crippen LogP contribution in [0.15, 0.2) is 48.5 Å². The van der Waals surface area contributed by atoms with Crippen LogP contribution in [0.2, 0.25) is 5.02 Å². The number of nitrogens with zero attached hydrogens (tertiary/aromatic N) is 1. The van der Waals surface area contributed by atoms with Crippen LogP contribution in [-0.2, 0) is 21.3 Å². The predicted molar refractivity (Wildman–Crippen MR) is 110 cm³/mol. The van der Waals surface area contributed by atoms with Crippen molar-refractivity contribution < 1.29 is 17.9 Å². The van der Waals surface area contributed by atoms with Gasteiger partial charge < -0.3 is 10.1 Å². The zero-order chi connectivity index (χ0) is 20.1. The molecule has 8 heteroatoms. The molecule has 1 aliphatic heterocycles. The summed E-state index contributed by atoms with van der Waals surface area (Å²) in [5, 5.41) is 3.45. The van der Waals surface area contributed by atoms with Gasteiger partial charge in [0.1, 0.15) is 0 Å². The lowest BCUT2D eigenvalue weighted by Gasteiger charge is -2.23. The number of nitrogens with one attached hydrogen (secondary N) is 1. The molecule has 150 valence electrons. The summed E-state index contributed by atoms with van der Waals surface area (Å²) in [5.74, 6) is -0.203. The van der Waals surface area contributed by atoms with Crippen molar-refractivity contribution >= 4 is 33.2 Å². The summed E-state index contributed by atoms with van der Waals surface area (Å²) in [6.07, 6.45) is 3.20. The van der Waals surface area contributed by atoms with Gasteiger partial charge in [-0.25, -0.2) is 8.42 Å². The molecule has 28 heavy (non-hydrogen) atoms. The van der Waals surface area contributed by atoms with Crippen LogP contribution in [0.25, 0.3) is 0 Å². The maximum atomic E-state index is 12.3. The van der Waals surface area contributed by atoms with Gasteiger partial charge in [-0.05, 0) is 54.8 Å². The van der Waals surface area contributed by atoms with Crippen molar-refractivity contribution in [3.8, 4) is 0 Å². The van der Waals surface area contributed by atoms with Crippen LogP contribution >= 0.6 is 11.6 Å². The highest BCUT2D eigenvalue weighted by atomic mass is 35.5. The molecule has 0 aromatic heterocycles. The van der Waals surface area contributed by atoms with Crippen molar-refractivity contribution in [3.63, 3.8) is 0 Å². The van der Waals surface area contributed by atoms with Gasteiger partial charge >= 0.3 is 0 Å². The molecule has 1 fully saturated rings. The van der Waals surface area contributed by atoms with E-state index in [1.165, 1.54) is 4.31 Å². The number of halogens is 1. The smallest absolute Gasteiger partial charge is 0.251 e. The first-order valence-corrected chi connectivity index (χ1v) is 11.3. The van der Waals surface area contributed by atoms with Crippen molar-refractivity contribution in [1.82, 2.24) is 5.32 Å². The monoisotopic (exact) mass is 422 g/mol.